The van der Waals surface area contributed by atoms with Crippen LogP contribution in [-0.2, 0) is 87.0 Å². The second kappa shape index (κ2) is 26.4. The summed E-state index contributed by atoms with van der Waals surface area (Å²) in [4.78, 5) is 0. The van der Waals surface area contributed by atoms with E-state index in [4.69, 9.17) is 47.4 Å². The number of ether oxygens (including phenoxy) is 10. The minimum Gasteiger partial charge on any atom is -0.387 e. The Morgan fingerprint density at radius 3 is 1.13 bits per heavy atom. The van der Waals surface area contributed by atoms with Crippen LogP contribution in [0.4, 0.5) is 0 Å². The van der Waals surface area contributed by atoms with Crippen LogP contribution in [-0.4, -0.2) is 86.3 Å². The molecule has 8 rings (SSSR count). The van der Waals surface area contributed by atoms with Gasteiger partial charge in [-0.1, -0.05) is 188 Å². The predicted octanol–water partition coefficient (Wildman–Crippen LogP) is 9.16. The van der Waals surface area contributed by atoms with Gasteiger partial charge >= 0.3 is 0 Å². The van der Waals surface area contributed by atoms with Crippen LogP contribution in [0.2, 0.25) is 0 Å². The Hall–Kier alpha value is -5.38. The Bertz CT molecular complexity index is 2290. The van der Waals surface area contributed by atoms with Crippen molar-refractivity contribution < 1.29 is 52.5 Å². The quantitative estimate of drug-likeness (QED) is 0.0555. The Kier molecular flexibility index (Phi) is 19.0. The third kappa shape index (κ3) is 14.3. The fourth-order valence-electron chi connectivity index (χ4n) is 8.32. The predicted molar refractivity (Wildman–Crippen MR) is 257 cm³/mol. The molecule has 0 bridgehead atoms. The minimum atomic E-state index is -1.30. The first-order valence-electron chi connectivity index (χ1n) is 23.3. The fraction of sp³-hybridized carbons (Fsp3) is 0.333. The molecule has 356 valence electrons. The van der Waals surface area contributed by atoms with Crippen molar-refractivity contribution in [3.8, 4) is 0 Å². The largest absolute Gasteiger partial charge is 0.387 e. The van der Waals surface area contributed by atoms with Crippen molar-refractivity contribution in [1.82, 2.24) is 0 Å². The number of aliphatic hydroxyl groups is 1. The summed E-state index contributed by atoms with van der Waals surface area (Å²) < 4.78 is 67.1. The molecule has 0 unspecified atom stereocenters. The number of hydrogen-bond acceptors (Lipinski definition) is 11. The van der Waals surface area contributed by atoms with Gasteiger partial charge in [0, 0.05) is 0 Å². The molecule has 68 heavy (non-hydrogen) atoms. The van der Waals surface area contributed by atoms with Crippen LogP contribution < -0.4 is 0 Å². The first-order valence-corrected chi connectivity index (χ1v) is 23.3. The summed E-state index contributed by atoms with van der Waals surface area (Å²) in [7, 11) is 0. The minimum absolute atomic E-state index is 0.0403. The zero-order valence-electron chi connectivity index (χ0n) is 38.3. The molecule has 2 fully saturated rings. The summed E-state index contributed by atoms with van der Waals surface area (Å²) in [5, 5.41) is 12.6. The van der Waals surface area contributed by atoms with Gasteiger partial charge in [-0.05, 0) is 33.4 Å². The van der Waals surface area contributed by atoms with E-state index >= 15 is 0 Å². The van der Waals surface area contributed by atoms with Crippen molar-refractivity contribution >= 4 is 0 Å². The van der Waals surface area contributed by atoms with E-state index in [1.54, 1.807) is 6.08 Å². The van der Waals surface area contributed by atoms with Crippen LogP contribution >= 0.6 is 0 Å². The molecule has 2 aliphatic heterocycles. The van der Waals surface area contributed by atoms with E-state index in [2.05, 4.69) is 6.58 Å². The highest BCUT2D eigenvalue weighted by molar-refractivity contribution is 5.18. The monoisotopic (exact) mass is 922 g/mol. The molecule has 11 nitrogen and oxygen atoms in total. The molecule has 1 N–H and O–H groups in total. The molecule has 6 aromatic rings. The van der Waals surface area contributed by atoms with Crippen LogP contribution in [0.25, 0.3) is 0 Å². The molecule has 0 spiro atoms. The standard InChI is InChI=1S/C57H62O11/c1-2-33-61-56-53(63-37-45-27-15-6-16-28-45)50(58)51(48(66-56)40-59-34-42-21-9-3-10-22-42)68-57-55(65-39-47-31-19-8-20-32-47)54(64-38-46-29-17-7-18-30-46)52(62-36-44-25-13-5-14-26-44)49(67-57)41-60-35-43-23-11-4-12-24-43/h2-32,48-58H,1,33-41H2/t48-,49-,50+,51-,52-,53-,54+,55-,56-,57+/m1/s1. The van der Waals surface area contributed by atoms with Crippen molar-refractivity contribution in [3.05, 3.63) is 228 Å². The molecule has 0 amide bonds. The van der Waals surface area contributed by atoms with Gasteiger partial charge in [0.2, 0.25) is 0 Å². The Labute approximate surface area is 400 Å². The van der Waals surface area contributed by atoms with Gasteiger partial charge in [-0.2, -0.15) is 0 Å². The molecule has 0 saturated carbocycles. The van der Waals surface area contributed by atoms with Gasteiger partial charge in [-0.3, -0.25) is 0 Å². The maximum atomic E-state index is 12.6. The van der Waals surface area contributed by atoms with Crippen molar-refractivity contribution in [2.45, 2.75) is 101 Å². The van der Waals surface area contributed by atoms with Crippen LogP contribution in [0.1, 0.15) is 33.4 Å². The van der Waals surface area contributed by atoms with Gasteiger partial charge in [-0.25, -0.2) is 0 Å². The molecule has 11 heteroatoms. The molecule has 0 radical (unpaired) electrons. The fourth-order valence-corrected chi connectivity index (χ4v) is 8.32. The summed E-state index contributed by atoms with van der Waals surface area (Å²) >= 11 is 0. The van der Waals surface area contributed by atoms with Crippen molar-refractivity contribution in [1.29, 1.82) is 0 Å². The van der Waals surface area contributed by atoms with E-state index in [1.807, 2.05) is 182 Å². The molecular weight excluding hydrogens is 861 g/mol. The maximum Gasteiger partial charge on any atom is 0.187 e. The lowest BCUT2D eigenvalue weighted by atomic mass is 9.96. The van der Waals surface area contributed by atoms with Gasteiger partial charge < -0.3 is 52.5 Å². The lowest BCUT2D eigenvalue weighted by Crippen LogP contribution is -2.66. The number of aliphatic hydroxyl groups excluding tert-OH is 1. The first kappa shape index (κ1) is 49.1. The Morgan fingerprint density at radius 1 is 0.382 bits per heavy atom. The first-order chi connectivity index (χ1) is 33.6. The lowest BCUT2D eigenvalue weighted by molar-refractivity contribution is -0.373. The molecule has 2 aliphatic rings. The zero-order valence-corrected chi connectivity index (χ0v) is 38.3. The summed E-state index contributed by atoms with van der Waals surface area (Å²) in [5.41, 5.74) is 5.79. The highest BCUT2D eigenvalue weighted by atomic mass is 16.8. The summed E-state index contributed by atoms with van der Waals surface area (Å²) in [6.45, 7) is 5.71. The van der Waals surface area contributed by atoms with E-state index in [-0.39, 0.29) is 46.2 Å². The Morgan fingerprint density at radius 2 is 0.721 bits per heavy atom. The Balaban J connectivity index is 1.15. The van der Waals surface area contributed by atoms with Gasteiger partial charge in [0.25, 0.3) is 0 Å². The smallest absolute Gasteiger partial charge is 0.187 e. The molecule has 2 heterocycles. The zero-order chi connectivity index (χ0) is 46.6. The highest BCUT2D eigenvalue weighted by Crippen LogP contribution is 2.36. The van der Waals surface area contributed by atoms with Crippen LogP contribution in [0.5, 0.6) is 0 Å². The number of rotatable bonds is 25. The van der Waals surface area contributed by atoms with Crippen molar-refractivity contribution in [2.24, 2.45) is 0 Å². The average Bonchev–Trinajstić information content (AvgIpc) is 3.39. The summed E-state index contributed by atoms with van der Waals surface area (Å²) in [5.74, 6) is 0. The van der Waals surface area contributed by atoms with Gasteiger partial charge in [0.1, 0.15) is 48.8 Å². The molecule has 6 aromatic carbocycles. The average molecular weight is 923 g/mol. The second-order valence-electron chi connectivity index (χ2n) is 16.8. The number of hydrogen-bond donors (Lipinski definition) is 1. The molecule has 0 aromatic heterocycles. The van der Waals surface area contributed by atoms with E-state index in [0.29, 0.717) is 13.2 Å². The number of benzene rings is 6. The summed E-state index contributed by atoms with van der Waals surface area (Å²) in [6, 6.07) is 59.4. The van der Waals surface area contributed by atoms with Crippen LogP contribution in [0.3, 0.4) is 0 Å². The topological polar surface area (TPSA) is 113 Å². The maximum absolute atomic E-state index is 12.6. The van der Waals surface area contributed by atoms with Crippen LogP contribution in [0, 0.1) is 0 Å². The summed E-state index contributed by atoms with van der Waals surface area (Å²) in [6.07, 6.45) is -7.84. The molecule has 10 atom stereocenters. The lowest BCUT2D eigenvalue weighted by Gasteiger charge is -2.49. The van der Waals surface area contributed by atoms with Crippen molar-refractivity contribution in [3.63, 3.8) is 0 Å². The second-order valence-corrected chi connectivity index (χ2v) is 16.8. The van der Waals surface area contributed by atoms with Gasteiger partial charge in [0.15, 0.2) is 12.6 Å². The van der Waals surface area contributed by atoms with Gasteiger partial charge in [0.05, 0.1) is 59.5 Å². The van der Waals surface area contributed by atoms with E-state index in [0.717, 1.165) is 33.4 Å². The molecule has 0 aliphatic carbocycles. The van der Waals surface area contributed by atoms with Crippen molar-refractivity contribution in [2.75, 3.05) is 19.8 Å². The third-order valence-corrected chi connectivity index (χ3v) is 11.8. The van der Waals surface area contributed by atoms with Crippen LogP contribution in [0.15, 0.2) is 195 Å². The highest BCUT2D eigenvalue weighted by Gasteiger charge is 2.54. The normalized spacial score (nSPS) is 24.9. The molecular formula is C57H62O11. The third-order valence-electron chi connectivity index (χ3n) is 11.8. The SMILES string of the molecule is C=CCO[C@@H]1O[C@H](COCc2ccccc2)[C@@H](O[C@@H]2O[C@H](COCc3ccccc3)[C@@H](OCc3ccccc3)[C@H](OCc3ccccc3)[C@H]2OCc2ccccc2)[C@H](O)[C@H]1OCc1ccccc1. The van der Waals surface area contributed by atoms with E-state index < -0.39 is 61.4 Å². The van der Waals surface area contributed by atoms with E-state index in [9.17, 15) is 5.11 Å². The molecule has 2 saturated heterocycles. The van der Waals surface area contributed by atoms with E-state index in [1.165, 1.54) is 0 Å². The van der Waals surface area contributed by atoms with Gasteiger partial charge in [-0.15, -0.1) is 6.58 Å².